The van der Waals surface area contributed by atoms with Crippen LogP contribution in [0.1, 0.15) is 6.92 Å². The number of carbonyl (C=O) groups excluding carboxylic acids is 1. The average molecular weight is 297 g/mol. The first-order valence-electron chi connectivity index (χ1n) is 4.60. The lowest BCUT2D eigenvalue weighted by molar-refractivity contribution is -0.144. The number of carbonyl (C=O) groups is 1. The smallest absolute Gasteiger partial charge is 0.334 e. The molecule has 104 valence electrons. The van der Waals surface area contributed by atoms with E-state index < -0.39 is 32.2 Å². The molecule has 0 heterocycles. The average Bonchev–Trinajstić information content (AvgIpc) is 2.11. The largest absolute Gasteiger partial charge is 0.437 e. The molecule has 18 heavy (non-hydrogen) atoms. The van der Waals surface area contributed by atoms with Gasteiger partial charge in [0.15, 0.2) is 0 Å². The molecule has 0 aliphatic carbocycles. The second-order valence-electron chi connectivity index (χ2n) is 3.56. The van der Waals surface area contributed by atoms with Crippen molar-refractivity contribution in [3.8, 4) is 0 Å². The van der Waals surface area contributed by atoms with Gasteiger partial charge in [0.25, 0.3) is 0 Å². The zero-order valence-corrected chi connectivity index (χ0v) is 11.9. The molecule has 7 nitrogen and oxygen atoms in total. The van der Waals surface area contributed by atoms with Crippen molar-refractivity contribution in [2.24, 2.45) is 0 Å². The Morgan fingerprint density at radius 2 is 1.61 bits per heavy atom. The van der Waals surface area contributed by atoms with Crippen LogP contribution in [0.15, 0.2) is 24.8 Å². The van der Waals surface area contributed by atoms with Crippen LogP contribution in [0.4, 0.5) is 0 Å². The summed E-state index contributed by atoms with van der Waals surface area (Å²) in [7, 11) is -8.28. The molecule has 1 unspecified atom stereocenters. The molecule has 0 spiro atoms. The number of sulfonamides is 2. The summed E-state index contributed by atoms with van der Waals surface area (Å²) >= 11 is 0. The van der Waals surface area contributed by atoms with Gasteiger partial charge in [0.1, 0.15) is 0 Å². The maximum absolute atomic E-state index is 11.4. The zero-order valence-electron chi connectivity index (χ0n) is 10.3. The Bertz CT molecular complexity index is 528. The number of hydrogen-bond acceptors (Lipinski definition) is 6. The Morgan fingerprint density at radius 1 is 1.22 bits per heavy atom. The topological polar surface area (TPSA) is 97.8 Å². The lowest BCUT2D eigenvalue weighted by Gasteiger charge is -2.24. The molecule has 0 aromatic carbocycles. The van der Waals surface area contributed by atoms with Crippen molar-refractivity contribution in [3.05, 3.63) is 24.8 Å². The van der Waals surface area contributed by atoms with Crippen LogP contribution in [0.25, 0.3) is 0 Å². The van der Waals surface area contributed by atoms with E-state index in [0.717, 1.165) is 6.08 Å². The van der Waals surface area contributed by atoms with Crippen LogP contribution >= 0.6 is 0 Å². The van der Waals surface area contributed by atoms with E-state index in [2.05, 4.69) is 17.9 Å². The fraction of sp³-hybridized carbons (Fsp3) is 0.444. The normalized spacial score (nSPS) is 14.0. The van der Waals surface area contributed by atoms with Gasteiger partial charge in [-0.2, -0.15) is 0 Å². The highest BCUT2D eigenvalue weighted by molar-refractivity contribution is 8.03. The summed E-state index contributed by atoms with van der Waals surface area (Å²) in [5.41, 5.74) is 0.00352. The number of rotatable bonds is 6. The molecule has 0 radical (unpaired) electrons. The summed E-state index contributed by atoms with van der Waals surface area (Å²) < 4.78 is 50.4. The van der Waals surface area contributed by atoms with Gasteiger partial charge >= 0.3 is 5.97 Å². The van der Waals surface area contributed by atoms with Gasteiger partial charge in [-0.15, -0.1) is 0 Å². The van der Waals surface area contributed by atoms with Gasteiger partial charge in [0, 0.05) is 5.57 Å². The van der Waals surface area contributed by atoms with Crippen LogP contribution in [-0.4, -0.2) is 45.3 Å². The fourth-order valence-corrected chi connectivity index (χ4v) is 3.99. The summed E-state index contributed by atoms with van der Waals surface area (Å²) in [5.74, 6) is -0.919. The van der Waals surface area contributed by atoms with Crippen molar-refractivity contribution in [2.45, 2.75) is 13.2 Å². The van der Waals surface area contributed by atoms with Gasteiger partial charge in [-0.3, -0.25) is 0 Å². The SMILES string of the molecule is C=CC(OC(=O)C(=C)C)N(S(C)(=O)=O)S(C)(=O)=O. The Balaban J connectivity index is 5.54. The molecular formula is C9H15NO6S2. The van der Waals surface area contributed by atoms with Gasteiger partial charge in [-0.25, -0.2) is 21.6 Å². The Hall–Kier alpha value is -1.19. The Labute approximate surface area is 107 Å². The van der Waals surface area contributed by atoms with Crippen molar-refractivity contribution in [1.29, 1.82) is 0 Å². The molecule has 0 fully saturated rings. The maximum atomic E-state index is 11.4. The molecule has 0 saturated carbocycles. The van der Waals surface area contributed by atoms with E-state index in [1.807, 2.05) is 0 Å². The maximum Gasteiger partial charge on any atom is 0.334 e. The Morgan fingerprint density at radius 3 is 1.83 bits per heavy atom. The van der Waals surface area contributed by atoms with Crippen molar-refractivity contribution in [2.75, 3.05) is 12.5 Å². The molecule has 0 aromatic rings. The Kier molecular flexibility index (Phi) is 5.26. The van der Waals surface area contributed by atoms with Gasteiger partial charge < -0.3 is 4.74 Å². The molecule has 1 atom stereocenters. The molecule has 0 aliphatic rings. The van der Waals surface area contributed by atoms with Crippen molar-refractivity contribution in [3.63, 3.8) is 0 Å². The highest BCUT2D eigenvalue weighted by atomic mass is 32.3. The monoisotopic (exact) mass is 297 g/mol. The number of nitrogens with zero attached hydrogens (tertiary/aromatic N) is 1. The highest BCUT2D eigenvalue weighted by Gasteiger charge is 2.35. The lowest BCUT2D eigenvalue weighted by atomic mass is 10.4. The molecular weight excluding hydrogens is 282 g/mol. The predicted molar refractivity (Wildman–Crippen MR) is 66.4 cm³/mol. The third-order valence-electron chi connectivity index (χ3n) is 1.64. The first-order chi connectivity index (χ1) is 7.91. The van der Waals surface area contributed by atoms with E-state index >= 15 is 0 Å². The molecule has 0 aliphatic heterocycles. The van der Waals surface area contributed by atoms with E-state index in [4.69, 9.17) is 0 Å². The minimum atomic E-state index is -4.14. The third kappa shape index (κ3) is 4.59. The fourth-order valence-electron chi connectivity index (χ4n) is 1.01. The molecule has 0 N–H and O–H groups in total. The molecule has 0 aromatic heterocycles. The summed E-state index contributed by atoms with van der Waals surface area (Å²) in [6.45, 7) is 7.88. The molecule has 0 saturated heterocycles. The van der Waals surface area contributed by atoms with E-state index in [0.29, 0.717) is 12.5 Å². The van der Waals surface area contributed by atoms with Gasteiger partial charge in [0.05, 0.1) is 12.5 Å². The van der Waals surface area contributed by atoms with E-state index in [-0.39, 0.29) is 9.28 Å². The number of esters is 1. The molecule has 9 heteroatoms. The lowest BCUT2D eigenvalue weighted by Crippen LogP contribution is -2.44. The number of hydrogen-bond donors (Lipinski definition) is 0. The first kappa shape index (κ1) is 16.8. The quantitative estimate of drug-likeness (QED) is 0.292. The second kappa shape index (κ2) is 5.63. The van der Waals surface area contributed by atoms with Crippen LogP contribution < -0.4 is 0 Å². The molecule has 0 rings (SSSR count). The van der Waals surface area contributed by atoms with Gasteiger partial charge in [-0.1, -0.05) is 16.9 Å². The van der Waals surface area contributed by atoms with Crippen molar-refractivity contribution < 1.29 is 26.4 Å². The molecule has 0 amide bonds. The standard InChI is InChI=1S/C9H15NO6S2/c1-6-8(16-9(11)7(2)3)10(17(4,12)13)18(5,14)15/h6,8H,1-2H2,3-5H3. The summed E-state index contributed by atoms with van der Waals surface area (Å²) in [6, 6.07) is 0. The van der Waals surface area contributed by atoms with Crippen LogP contribution in [0.2, 0.25) is 0 Å². The van der Waals surface area contributed by atoms with E-state index in [1.54, 1.807) is 0 Å². The predicted octanol–water partition coefficient (Wildman–Crippen LogP) is -0.161. The summed E-state index contributed by atoms with van der Waals surface area (Å²) in [6.07, 6.45) is 0.612. The van der Waals surface area contributed by atoms with Crippen LogP contribution in [0, 0.1) is 0 Å². The minimum absolute atomic E-state index is 0.00352. The molecule has 0 bridgehead atoms. The van der Waals surface area contributed by atoms with Gasteiger partial charge in [0.2, 0.25) is 26.3 Å². The first-order valence-corrected chi connectivity index (χ1v) is 8.29. The van der Waals surface area contributed by atoms with Crippen molar-refractivity contribution in [1.82, 2.24) is 3.71 Å². The second-order valence-corrected chi connectivity index (χ2v) is 7.51. The van der Waals surface area contributed by atoms with E-state index in [9.17, 15) is 21.6 Å². The van der Waals surface area contributed by atoms with Crippen LogP contribution in [-0.2, 0) is 29.6 Å². The van der Waals surface area contributed by atoms with Crippen LogP contribution in [0.5, 0.6) is 0 Å². The third-order valence-corrected chi connectivity index (χ3v) is 4.99. The van der Waals surface area contributed by atoms with Crippen LogP contribution in [0.3, 0.4) is 0 Å². The summed E-state index contributed by atoms with van der Waals surface area (Å²) in [5, 5.41) is 0. The highest BCUT2D eigenvalue weighted by Crippen LogP contribution is 2.14. The zero-order chi connectivity index (χ0) is 14.7. The van der Waals surface area contributed by atoms with Crippen molar-refractivity contribution >= 4 is 26.0 Å². The van der Waals surface area contributed by atoms with Gasteiger partial charge in [-0.05, 0) is 13.0 Å². The van der Waals surface area contributed by atoms with E-state index in [1.165, 1.54) is 6.92 Å². The number of ether oxygens (including phenoxy) is 1. The minimum Gasteiger partial charge on any atom is -0.437 e. The summed E-state index contributed by atoms with van der Waals surface area (Å²) in [4.78, 5) is 11.3.